The lowest BCUT2D eigenvalue weighted by Crippen LogP contribution is -2.35. The molecule has 5 nitrogen and oxygen atoms in total. The maximum atomic E-state index is 10.8. The van der Waals surface area contributed by atoms with Gasteiger partial charge in [0.05, 0.1) is 0 Å². The Kier molecular flexibility index (Phi) is 5.32. The number of rotatable bonds is 4. The van der Waals surface area contributed by atoms with E-state index in [2.05, 4.69) is 16.6 Å². The summed E-state index contributed by atoms with van der Waals surface area (Å²) in [4.78, 5) is 20.9. The lowest BCUT2D eigenvalue weighted by Gasteiger charge is -2.05. The first-order valence-corrected chi connectivity index (χ1v) is 3.61. The van der Waals surface area contributed by atoms with Crippen LogP contribution in [0.4, 0.5) is 0 Å². The molecule has 0 aromatic heterocycles. The number of carboxylic acids is 1. The molecule has 0 aromatic carbocycles. The van der Waals surface area contributed by atoms with Gasteiger partial charge in [0, 0.05) is 0 Å². The molecule has 0 rings (SSSR count). The van der Waals surface area contributed by atoms with Crippen molar-refractivity contribution in [3.63, 3.8) is 0 Å². The summed E-state index contributed by atoms with van der Waals surface area (Å²) >= 11 is 0. The molecule has 0 amide bonds. The molecule has 5 heteroatoms. The van der Waals surface area contributed by atoms with Crippen LogP contribution < -0.4 is 5.73 Å². The molecule has 0 spiro atoms. The molecular formula is C8H11NO4. The van der Waals surface area contributed by atoms with Crippen molar-refractivity contribution in [2.24, 2.45) is 5.73 Å². The van der Waals surface area contributed by atoms with Crippen molar-refractivity contribution in [3.05, 3.63) is 0 Å². The van der Waals surface area contributed by atoms with Gasteiger partial charge >= 0.3 is 11.9 Å². The van der Waals surface area contributed by atoms with E-state index in [1.165, 1.54) is 0 Å². The Morgan fingerprint density at radius 2 is 2.23 bits per heavy atom. The second-order valence-electron chi connectivity index (χ2n) is 2.23. The van der Waals surface area contributed by atoms with Gasteiger partial charge in [-0.1, -0.05) is 5.92 Å². The van der Waals surface area contributed by atoms with Gasteiger partial charge in [0.15, 0.2) is 0 Å². The fourth-order valence-electron chi connectivity index (χ4n) is 0.466. The number of carboxylic acid groups (broad SMARTS) is 1. The molecule has 72 valence electrons. The maximum absolute atomic E-state index is 10.8. The highest BCUT2D eigenvalue weighted by molar-refractivity contribution is 5.75. The summed E-state index contributed by atoms with van der Waals surface area (Å²) in [6.45, 7) is 1.27. The van der Waals surface area contributed by atoms with E-state index in [1.807, 2.05) is 0 Å². The summed E-state index contributed by atoms with van der Waals surface area (Å²) in [5, 5.41) is 8.33. The van der Waals surface area contributed by atoms with E-state index in [1.54, 1.807) is 6.92 Å². The van der Waals surface area contributed by atoms with Crippen LogP contribution in [-0.4, -0.2) is 29.7 Å². The summed E-state index contributed by atoms with van der Waals surface area (Å²) in [6, 6.07) is -1.17. The highest BCUT2D eigenvalue weighted by Crippen LogP contribution is 1.87. The number of carbonyl (C=O) groups excluding carboxylic acids is 1. The van der Waals surface area contributed by atoms with Gasteiger partial charge in [-0.3, -0.25) is 9.59 Å². The third kappa shape index (κ3) is 5.70. The summed E-state index contributed by atoms with van der Waals surface area (Å²) in [7, 11) is 0. The van der Waals surface area contributed by atoms with E-state index in [0.717, 1.165) is 0 Å². The smallest absolute Gasteiger partial charge is 0.324 e. The quantitative estimate of drug-likeness (QED) is 0.449. The zero-order chi connectivity index (χ0) is 10.3. The van der Waals surface area contributed by atoms with E-state index in [4.69, 9.17) is 10.8 Å². The van der Waals surface area contributed by atoms with E-state index in [9.17, 15) is 9.59 Å². The molecule has 0 aliphatic heterocycles. The fourth-order valence-corrected chi connectivity index (χ4v) is 0.466. The molecule has 0 saturated heterocycles. The molecule has 0 bridgehead atoms. The summed E-state index contributed by atoms with van der Waals surface area (Å²) in [5.74, 6) is 3.24. The average Bonchev–Trinajstić information content (AvgIpc) is 2.10. The van der Waals surface area contributed by atoms with Crippen molar-refractivity contribution in [1.82, 2.24) is 0 Å². The third-order valence-electron chi connectivity index (χ3n) is 1.15. The molecule has 0 unspecified atom stereocenters. The maximum Gasteiger partial charge on any atom is 0.324 e. The van der Waals surface area contributed by atoms with Crippen molar-refractivity contribution < 1.29 is 19.4 Å². The SMILES string of the molecule is CC#CCC(=O)OC[C@H](N)C(=O)O. The van der Waals surface area contributed by atoms with Crippen molar-refractivity contribution in [2.75, 3.05) is 6.61 Å². The van der Waals surface area contributed by atoms with Crippen molar-refractivity contribution >= 4 is 11.9 Å². The van der Waals surface area contributed by atoms with Crippen LogP contribution in [0.5, 0.6) is 0 Å². The van der Waals surface area contributed by atoms with Crippen LogP contribution in [0.1, 0.15) is 13.3 Å². The van der Waals surface area contributed by atoms with Crippen LogP contribution in [0.15, 0.2) is 0 Å². The number of aliphatic carboxylic acids is 1. The van der Waals surface area contributed by atoms with Gasteiger partial charge in [0.1, 0.15) is 19.1 Å². The van der Waals surface area contributed by atoms with Gasteiger partial charge in [-0.25, -0.2) is 0 Å². The molecule has 3 N–H and O–H groups in total. The van der Waals surface area contributed by atoms with E-state index < -0.39 is 18.0 Å². The number of carbonyl (C=O) groups is 2. The Morgan fingerprint density at radius 3 is 2.69 bits per heavy atom. The van der Waals surface area contributed by atoms with Crippen molar-refractivity contribution in [3.8, 4) is 11.8 Å². The van der Waals surface area contributed by atoms with Crippen LogP contribution >= 0.6 is 0 Å². The summed E-state index contributed by atoms with van der Waals surface area (Å²) in [5.41, 5.74) is 5.08. The third-order valence-corrected chi connectivity index (χ3v) is 1.15. The standard InChI is InChI=1S/C8H11NO4/c1-2-3-4-7(10)13-5-6(9)8(11)12/h6H,4-5,9H2,1H3,(H,11,12)/t6-/m0/s1. The minimum atomic E-state index is -1.20. The zero-order valence-corrected chi connectivity index (χ0v) is 7.24. The molecule has 0 fully saturated rings. The topological polar surface area (TPSA) is 89.6 Å². The normalized spacial score (nSPS) is 10.9. The second-order valence-corrected chi connectivity index (χ2v) is 2.23. The highest BCUT2D eigenvalue weighted by atomic mass is 16.5. The van der Waals surface area contributed by atoms with Crippen LogP contribution in [0.25, 0.3) is 0 Å². The number of ether oxygens (including phenoxy) is 1. The van der Waals surface area contributed by atoms with Crippen LogP contribution in [0.3, 0.4) is 0 Å². The van der Waals surface area contributed by atoms with Gasteiger partial charge in [-0.2, -0.15) is 0 Å². The molecule has 0 radical (unpaired) electrons. The molecule has 0 heterocycles. The molecule has 0 aromatic rings. The summed E-state index contributed by atoms with van der Waals surface area (Å²) < 4.78 is 4.52. The highest BCUT2D eigenvalue weighted by Gasteiger charge is 2.13. The lowest BCUT2D eigenvalue weighted by molar-refractivity contribution is -0.147. The van der Waals surface area contributed by atoms with Gasteiger partial charge in [-0.05, 0) is 6.92 Å². The first-order valence-electron chi connectivity index (χ1n) is 3.61. The predicted molar refractivity (Wildman–Crippen MR) is 44.6 cm³/mol. The van der Waals surface area contributed by atoms with Gasteiger partial charge < -0.3 is 15.6 Å². The second kappa shape index (κ2) is 6.03. The zero-order valence-electron chi connectivity index (χ0n) is 7.24. The largest absolute Gasteiger partial charge is 0.480 e. The number of hydrogen-bond acceptors (Lipinski definition) is 4. The molecule has 0 saturated carbocycles. The van der Waals surface area contributed by atoms with Crippen LogP contribution in [0, 0.1) is 11.8 Å². The molecule has 1 atom stereocenters. The first kappa shape index (κ1) is 11.5. The van der Waals surface area contributed by atoms with E-state index in [-0.39, 0.29) is 13.0 Å². The predicted octanol–water partition coefficient (Wildman–Crippen LogP) is -0.645. The Labute approximate surface area is 75.9 Å². The van der Waals surface area contributed by atoms with E-state index >= 15 is 0 Å². The lowest BCUT2D eigenvalue weighted by atomic mass is 10.3. The van der Waals surface area contributed by atoms with Crippen LogP contribution in [0.2, 0.25) is 0 Å². The minimum Gasteiger partial charge on any atom is -0.480 e. The minimum absolute atomic E-state index is 0.0389. The van der Waals surface area contributed by atoms with Crippen molar-refractivity contribution in [2.45, 2.75) is 19.4 Å². The Hall–Kier alpha value is -1.54. The van der Waals surface area contributed by atoms with Crippen LogP contribution in [-0.2, 0) is 14.3 Å². The monoisotopic (exact) mass is 185 g/mol. The fraction of sp³-hybridized carbons (Fsp3) is 0.500. The molecular weight excluding hydrogens is 174 g/mol. The Morgan fingerprint density at radius 1 is 1.62 bits per heavy atom. The average molecular weight is 185 g/mol. The number of nitrogens with two attached hydrogens (primary N) is 1. The van der Waals surface area contributed by atoms with Gasteiger partial charge in [0.25, 0.3) is 0 Å². The Balaban J connectivity index is 3.68. The summed E-state index contributed by atoms with van der Waals surface area (Å²) in [6.07, 6.45) is -0.0389. The molecule has 0 aliphatic rings. The van der Waals surface area contributed by atoms with Gasteiger partial charge in [0.2, 0.25) is 0 Å². The number of hydrogen-bond donors (Lipinski definition) is 2. The van der Waals surface area contributed by atoms with Gasteiger partial charge in [-0.15, -0.1) is 5.92 Å². The Bertz CT molecular complexity index is 251. The molecule has 13 heavy (non-hydrogen) atoms. The first-order chi connectivity index (χ1) is 6.07. The number of esters is 1. The molecule has 0 aliphatic carbocycles. The van der Waals surface area contributed by atoms with E-state index in [0.29, 0.717) is 0 Å². The van der Waals surface area contributed by atoms with Crippen molar-refractivity contribution in [1.29, 1.82) is 0 Å².